The summed E-state index contributed by atoms with van der Waals surface area (Å²) in [5.41, 5.74) is 3.27. The molecule has 1 aromatic rings. The third kappa shape index (κ3) is 4.03. The fourth-order valence-electron chi connectivity index (χ4n) is 2.85. The van der Waals surface area contributed by atoms with Crippen LogP contribution in [-0.2, 0) is 24.0 Å². The SMILES string of the molecule is CC(C)(ON=C(C(=O)N[C@H]1CN2C=C(C#N)C(C(=O)O)N2C1=O)c1csc(N)n1)C(=O)O. The number of amides is 2. The molecule has 3 rings (SSSR count). The van der Waals surface area contributed by atoms with Crippen LogP contribution in [-0.4, -0.2) is 78.9 Å². The zero-order valence-corrected chi connectivity index (χ0v) is 17.5. The number of nitrogens with zero attached hydrogens (tertiary/aromatic N) is 5. The minimum absolute atomic E-state index is 0.00693. The molecule has 14 nitrogen and oxygen atoms in total. The topological polar surface area (TPSA) is 212 Å². The van der Waals surface area contributed by atoms with Crippen LogP contribution >= 0.6 is 11.3 Å². The second-order valence-electron chi connectivity index (χ2n) is 7.19. The molecular formula is C17H17N7O7S. The molecule has 5 N–H and O–H groups in total. The summed E-state index contributed by atoms with van der Waals surface area (Å²) >= 11 is 1.000. The van der Waals surface area contributed by atoms with Crippen molar-refractivity contribution in [2.45, 2.75) is 31.5 Å². The number of anilines is 1. The lowest BCUT2D eigenvalue weighted by Gasteiger charge is -2.23. The number of nitrogens with one attached hydrogen (secondary N) is 1. The molecule has 168 valence electrons. The van der Waals surface area contributed by atoms with E-state index in [9.17, 15) is 29.4 Å². The third-order valence-electron chi connectivity index (χ3n) is 4.53. The smallest absolute Gasteiger partial charge is 0.350 e. The van der Waals surface area contributed by atoms with Crippen molar-refractivity contribution >= 4 is 45.9 Å². The average molecular weight is 463 g/mol. The van der Waals surface area contributed by atoms with E-state index < -0.39 is 47.1 Å². The van der Waals surface area contributed by atoms with Gasteiger partial charge in [0, 0.05) is 11.6 Å². The first-order valence-corrected chi connectivity index (χ1v) is 9.80. The summed E-state index contributed by atoms with van der Waals surface area (Å²) in [5.74, 6) is -4.41. The largest absolute Gasteiger partial charge is 0.479 e. The Hall–Kier alpha value is -4.19. The predicted molar refractivity (Wildman–Crippen MR) is 106 cm³/mol. The summed E-state index contributed by atoms with van der Waals surface area (Å²) < 4.78 is 0. The second kappa shape index (κ2) is 8.15. The molecule has 1 fully saturated rings. The Balaban J connectivity index is 1.84. The van der Waals surface area contributed by atoms with Crippen LogP contribution in [0.3, 0.4) is 0 Å². The molecule has 2 amide bonds. The van der Waals surface area contributed by atoms with Gasteiger partial charge in [-0.2, -0.15) is 5.26 Å². The van der Waals surface area contributed by atoms with Gasteiger partial charge in [-0.15, -0.1) is 11.3 Å². The Morgan fingerprint density at radius 3 is 2.66 bits per heavy atom. The summed E-state index contributed by atoms with van der Waals surface area (Å²) in [5, 5.41) is 37.3. The highest BCUT2D eigenvalue weighted by molar-refractivity contribution is 7.13. The van der Waals surface area contributed by atoms with E-state index in [-0.39, 0.29) is 22.9 Å². The van der Waals surface area contributed by atoms with Crippen molar-refractivity contribution in [3.8, 4) is 6.07 Å². The summed E-state index contributed by atoms with van der Waals surface area (Å²) in [7, 11) is 0. The van der Waals surface area contributed by atoms with E-state index in [0.717, 1.165) is 16.3 Å². The maximum atomic E-state index is 12.9. The van der Waals surface area contributed by atoms with Crippen LogP contribution in [0.1, 0.15) is 19.5 Å². The molecule has 0 aliphatic carbocycles. The average Bonchev–Trinajstić information content (AvgIpc) is 3.37. The van der Waals surface area contributed by atoms with Gasteiger partial charge in [0.15, 0.2) is 16.9 Å². The van der Waals surface area contributed by atoms with Gasteiger partial charge < -0.3 is 26.1 Å². The highest BCUT2D eigenvalue weighted by Gasteiger charge is 2.50. The Kier molecular flexibility index (Phi) is 5.73. The molecule has 2 aliphatic rings. The number of oxime groups is 1. The Bertz CT molecular complexity index is 1100. The van der Waals surface area contributed by atoms with Crippen LogP contribution in [0.2, 0.25) is 0 Å². The summed E-state index contributed by atoms with van der Waals surface area (Å²) in [6, 6.07) is -0.934. The number of nitriles is 1. The summed E-state index contributed by atoms with van der Waals surface area (Å²) in [6.45, 7) is 2.31. The number of carboxylic acids is 2. The van der Waals surface area contributed by atoms with E-state index in [1.54, 1.807) is 6.07 Å². The standard InChI is InChI=1S/C17H17N7O7S/c1-17(2,15(29)30)31-22-10(9-6-32-16(19)21-9)12(25)20-8-5-23-4-7(3-18)11(14(27)28)24(23)13(8)26/h4,6,8,11H,5H2,1-2H3,(H2,19,21)(H,20,25)(H,27,28)(H,29,30)/t8-,11?/m0/s1. The van der Waals surface area contributed by atoms with Gasteiger partial charge in [-0.05, 0) is 13.8 Å². The number of nitrogens with two attached hydrogens (primary N) is 1. The van der Waals surface area contributed by atoms with Crippen molar-refractivity contribution in [3.63, 3.8) is 0 Å². The second-order valence-corrected chi connectivity index (χ2v) is 8.08. The summed E-state index contributed by atoms with van der Waals surface area (Å²) in [4.78, 5) is 57.3. The van der Waals surface area contributed by atoms with Gasteiger partial charge in [0.1, 0.15) is 11.7 Å². The molecule has 2 aliphatic heterocycles. The number of nitrogen functional groups attached to an aromatic ring is 1. The number of aromatic nitrogens is 1. The van der Waals surface area contributed by atoms with Crippen LogP contribution in [0.15, 0.2) is 22.3 Å². The van der Waals surface area contributed by atoms with Gasteiger partial charge >= 0.3 is 11.9 Å². The highest BCUT2D eigenvalue weighted by Crippen LogP contribution is 2.28. The van der Waals surface area contributed by atoms with E-state index in [1.807, 2.05) is 0 Å². The zero-order valence-electron chi connectivity index (χ0n) is 16.7. The van der Waals surface area contributed by atoms with E-state index in [0.29, 0.717) is 0 Å². The number of hydrazine groups is 1. The number of carbonyl (C=O) groups excluding carboxylic acids is 2. The maximum absolute atomic E-state index is 12.9. The van der Waals surface area contributed by atoms with E-state index >= 15 is 0 Å². The molecule has 0 bridgehead atoms. The van der Waals surface area contributed by atoms with Crippen molar-refractivity contribution in [1.29, 1.82) is 5.26 Å². The van der Waals surface area contributed by atoms with E-state index in [4.69, 9.17) is 15.8 Å². The normalized spacial score (nSPS) is 20.5. The van der Waals surface area contributed by atoms with Gasteiger partial charge in [0.05, 0.1) is 18.2 Å². The van der Waals surface area contributed by atoms with Gasteiger partial charge in [-0.1, -0.05) is 5.16 Å². The molecule has 1 unspecified atom stereocenters. The van der Waals surface area contributed by atoms with Crippen LogP contribution in [0, 0.1) is 11.3 Å². The van der Waals surface area contributed by atoms with Crippen molar-refractivity contribution in [2.24, 2.45) is 5.16 Å². The zero-order chi connectivity index (χ0) is 23.8. The molecule has 0 radical (unpaired) electrons. The summed E-state index contributed by atoms with van der Waals surface area (Å²) in [6.07, 6.45) is 1.22. The number of rotatable bonds is 7. The van der Waals surface area contributed by atoms with Crippen molar-refractivity contribution < 1.29 is 34.2 Å². The molecule has 0 aromatic carbocycles. The monoisotopic (exact) mass is 463 g/mol. The molecule has 3 heterocycles. The maximum Gasteiger partial charge on any atom is 0.350 e. The number of fused-ring (bicyclic) bond motifs is 1. The van der Waals surface area contributed by atoms with Crippen LogP contribution < -0.4 is 11.1 Å². The molecule has 32 heavy (non-hydrogen) atoms. The first-order chi connectivity index (χ1) is 15.0. The van der Waals surface area contributed by atoms with Crippen molar-refractivity contribution in [1.82, 2.24) is 20.3 Å². The van der Waals surface area contributed by atoms with Gasteiger partial charge in [-0.25, -0.2) is 19.6 Å². The van der Waals surface area contributed by atoms with Crippen LogP contribution in [0.4, 0.5) is 5.13 Å². The molecule has 1 saturated heterocycles. The molecule has 15 heteroatoms. The minimum Gasteiger partial charge on any atom is -0.479 e. The number of hydrogen-bond donors (Lipinski definition) is 4. The van der Waals surface area contributed by atoms with Crippen LogP contribution in [0.5, 0.6) is 0 Å². The minimum atomic E-state index is -1.77. The number of carbonyl (C=O) groups is 4. The van der Waals surface area contributed by atoms with Gasteiger partial charge in [-0.3, -0.25) is 14.6 Å². The first-order valence-electron chi connectivity index (χ1n) is 8.92. The van der Waals surface area contributed by atoms with Crippen LogP contribution in [0.25, 0.3) is 0 Å². The number of aliphatic carboxylic acids is 2. The number of thiazole rings is 1. The molecule has 1 aromatic heterocycles. The van der Waals surface area contributed by atoms with E-state index in [2.05, 4.69) is 15.5 Å². The number of carboxylic acid groups (broad SMARTS) is 2. The van der Waals surface area contributed by atoms with Crippen molar-refractivity contribution in [3.05, 3.63) is 22.8 Å². The molecule has 2 atom stereocenters. The lowest BCUT2D eigenvalue weighted by molar-refractivity contribution is -0.161. The Labute approximate surface area is 184 Å². The molecule has 0 saturated carbocycles. The van der Waals surface area contributed by atoms with E-state index in [1.165, 1.54) is 30.4 Å². The Morgan fingerprint density at radius 2 is 2.12 bits per heavy atom. The lowest BCUT2D eigenvalue weighted by Crippen LogP contribution is -2.49. The van der Waals surface area contributed by atoms with Crippen molar-refractivity contribution in [2.75, 3.05) is 12.3 Å². The molecular weight excluding hydrogens is 446 g/mol. The van der Waals surface area contributed by atoms with Gasteiger partial charge in [0.25, 0.3) is 11.8 Å². The fraction of sp³-hybridized carbons (Fsp3) is 0.353. The first kappa shape index (κ1) is 22.5. The Morgan fingerprint density at radius 1 is 1.44 bits per heavy atom. The quantitative estimate of drug-likeness (QED) is 0.276. The predicted octanol–water partition coefficient (Wildman–Crippen LogP) is -1.27. The van der Waals surface area contributed by atoms with Gasteiger partial charge in [0.2, 0.25) is 5.60 Å². The third-order valence-corrected chi connectivity index (χ3v) is 5.20. The lowest BCUT2D eigenvalue weighted by atomic mass is 10.1. The molecule has 0 spiro atoms. The highest BCUT2D eigenvalue weighted by atomic mass is 32.1. The fourth-order valence-corrected chi connectivity index (χ4v) is 3.40. The number of hydrogen-bond acceptors (Lipinski definition) is 11.